The zero-order valence-electron chi connectivity index (χ0n) is 12.0. The van der Waals surface area contributed by atoms with Crippen LogP contribution in [0.4, 0.5) is 0 Å². The molecule has 1 saturated heterocycles. The Bertz CT molecular complexity index is 1000. The molecule has 9 heteroatoms. The third kappa shape index (κ3) is 2.37. The Morgan fingerprint density at radius 2 is 2.22 bits per heavy atom. The minimum absolute atomic E-state index is 0.0391. The predicted molar refractivity (Wildman–Crippen MR) is 81.5 cm³/mol. The fourth-order valence-electron chi connectivity index (χ4n) is 2.88. The van der Waals surface area contributed by atoms with E-state index in [1.165, 1.54) is 22.5 Å². The molecule has 0 saturated carbocycles. The van der Waals surface area contributed by atoms with Crippen molar-refractivity contribution in [1.29, 1.82) is 0 Å². The molecule has 120 valence electrons. The van der Waals surface area contributed by atoms with Crippen LogP contribution in [0.1, 0.15) is 12.5 Å². The Kier molecular flexibility index (Phi) is 3.13. The fraction of sp³-hybridized carbons (Fsp3) is 0.286. The Labute approximate surface area is 131 Å². The van der Waals surface area contributed by atoms with E-state index >= 15 is 0 Å². The summed E-state index contributed by atoms with van der Waals surface area (Å²) >= 11 is 0. The second-order valence-corrected chi connectivity index (χ2v) is 7.40. The van der Waals surface area contributed by atoms with Crippen molar-refractivity contribution in [2.24, 2.45) is 0 Å². The number of rotatable bonds is 3. The van der Waals surface area contributed by atoms with Crippen LogP contribution >= 0.6 is 0 Å². The quantitative estimate of drug-likeness (QED) is 0.768. The van der Waals surface area contributed by atoms with Gasteiger partial charge in [0, 0.05) is 25.5 Å². The average molecular weight is 334 g/mol. The summed E-state index contributed by atoms with van der Waals surface area (Å²) in [5, 5.41) is 4.17. The van der Waals surface area contributed by atoms with Crippen LogP contribution in [0.25, 0.3) is 11.1 Å². The van der Waals surface area contributed by atoms with Crippen molar-refractivity contribution < 1.29 is 12.8 Å². The Balaban J connectivity index is 1.65. The van der Waals surface area contributed by atoms with Gasteiger partial charge in [0.2, 0.25) is 10.0 Å². The number of oxazole rings is 1. The number of aromatic amines is 1. The summed E-state index contributed by atoms with van der Waals surface area (Å²) in [6, 6.07) is 6.23. The first kappa shape index (κ1) is 14.2. The highest BCUT2D eigenvalue weighted by Gasteiger charge is 2.33. The lowest BCUT2D eigenvalue weighted by molar-refractivity contribution is 0.434. The molecular formula is C14H14N4O4S. The van der Waals surface area contributed by atoms with Gasteiger partial charge in [0.1, 0.15) is 0 Å². The van der Waals surface area contributed by atoms with Crippen LogP contribution in [0.15, 0.2) is 50.8 Å². The van der Waals surface area contributed by atoms with Crippen molar-refractivity contribution in [3.05, 3.63) is 47.2 Å². The van der Waals surface area contributed by atoms with Gasteiger partial charge in [0.05, 0.1) is 16.5 Å². The second-order valence-electron chi connectivity index (χ2n) is 5.46. The molecule has 8 nitrogen and oxygen atoms in total. The summed E-state index contributed by atoms with van der Waals surface area (Å²) < 4.78 is 33.7. The van der Waals surface area contributed by atoms with Crippen LogP contribution in [0.5, 0.6) is 0 Å². The zero-order valence-corrected chi connectivity index (χ0v) is 12.9. The molecule has 1 N–H and O–H groups in total. The van der Waals surface area contributed by atoms with Crippen molar-refractivity contribution in [2.45, 2.75) is 17.4 Å². The summed E-state index contributed by atoms with van der Waals surface area (Å²) in [6.45, 7) is 0.816. The van der Waals surface area contributed by atoms with Crippen LogP contribution in [-0.2, 0) is 10.0 Å². The standard InChI is InChI=1S/C14H14N4O4S/c19-14-16-12-8-11(2-3-13(12)22-14)23(20,21)17-7-4-10(9-17)18-6-1-5-15-18/h1-3,5-6,8,10H,4,7,9H2,(H,16,19). The van der Waals surface area contributed by atoms with Gasteiger partial charge in [-0.2, -0.15) is 9.40 Å². The van der Waals surface area contributed by atoms with Gasteiger partial charge in [0.25, 0.3) is 0 Å². The molecule has 4 rings (SSSR count). The molecule has 1 fully saturated rings. The van der Waals surface area contributed by atoms with Gasteiger partial charge >= 0.3 is 5.76 Å². The molecule has 0 spiro atoms. The van der Waals surface area contributed by atoms with Gasteiger partial charge in [-0.3, -0.25) is 9.67 Å². The van der Waals surface area contributed by atoms with Gasteiger partial charge in [-0.1, -0.05) is 0 Å². The number of H-pyrrole nitrogens is 1. The monoisotopic (exact) mass is 334 g/mol. The first-order valence-corrected chi connectivity index (χ1v) is 8.60. The van der Waals surface area contributed by atoms with Crippen LogP contribution in [0.3, 0.4) is 0 Å². The van der Waals surface area contributed by atoms with Crippen LogP contribution < -0.4 is 5.76 Å². The van der Waals surface area contributed by atoms with Crippen molar-refractivity contribution in [2.75, 3.05) is 13.1 Å². The van der Waals surface area contributed by atoms with E-state index < -0.39 is 15.8 Å². The second kappa shape index (κ2) is 5.07. The van der Waals surface area contributed by atoms with Crippen molar-refractivity contribution in [3.8, 4) is 0 Å². The lowest BCUT2D eigenvalue weighted by atomic mass is 10.3. The number of hydrogen-bond acceptors (Lipinski definition) is 5. The number of fused-ring (bicyclic) bond motifs is 1. The lowest BCUT2D eigenvalue weighted by Crippen LogP contribution is -2.29. The highest BCUT2D eigenvalue weighted by atomic mass is 32.2. The van der Waals surface area contributed by atoms with Crippen LogP contribution in [0.2, 0.25) is 0 Å². The maximum Gasteiger partial charge on any atom is 0.417 e. The number of nitrogens with one attached hydrogen (secondary N) is 1. The number of benzene rings is 1. The number of nitrogens with zero attached hydrogens (tertiary/aromatic N) is 3. The molecule has 3 aromatic rings. The first-order chi connectivity index (χ1) is 11.0. The molecule has 0 bridgehead atoms. The molecule has 0 amide bonds. The molecule has 1 aliphatic rings. The molecule has 1 unspecified atom stereocenters. The Morgan fingerprint density at radius 1 is 1.35 bits per heavy atom. The maximum absolute atomic E-state index is 12.8. The molecule has 23 heavy (non-hydrogen) atoms. The van der Waals surface area contributed by atoms with Gasteiger partial charge in [-0.25, -0.2) is 13.2 Å². The van der Waals surface area contributed by atoms with Crippen LogP contribution in [-0.4, -0.2) is 40.6 Å². The molecule has 1 atom stereocenters. The summed E-state index contributed by atoms with van der Waals surface area (Å²) in [5.74, 6) is -0.602. The zero-order chi connectivity index (χ0) is 16.0. The highest BCUT2D eigenvalue weighted by molar-refractivity contribution is 7.89. The van der Waals surface area contributed by atoms with E-state index in [0.717, 1.165) is 0 Å². The third-order valence-electron chi connectivity index (χ3n) is 4.05. The van der Waals surface area contributed by atoms with E-state index in [0.29, 0.717) is 30.6 Å². The fourth-order valence-corrected chi connectivity index (χ4v) is 4.40. The van der Waals surface area contributed by atoms with E-state index in [4.69, 9.17) is 4.42 Å². The SMILES string of the molecule is O=c1[nH]c2cc(S(=O)(=O)N3CCC(n4cccn4)C3)ccc2o1. The molecule has 1 aliphatic heterocycles. The highest BCUT2D eigenvalue weighted by Crippen LogP contribution is 2.27. The van der Waals surface area contributed by atoms with E-state index in [1.54, 1.807) is 10.9 Å². The summed E-state index contributed by atoms with van der Waals surface area (Å²) in [4.78, 5) is 13.8. The Hall–Kier alpha value is -2.39. The van der Waals surface area contributed by atoms with Crippen molar-refractivity contribution in [1.82, 2.24) is 19.1 Å². The number of sulfonamides is 1. The number of hydrogen-bond donors (Lipinski definition) is 1. The maximum atomic E-state index is 12.8. The normalized spacial score (nSPS) is 19.6. The summed E-state index contributed by atoms with van der Waals surface area (Å²) in [5.41, 5.74) is 0.712. The minimum atomic E-state index is -3.62. The van der Waals surface area contributed by atoms with E-state index in [2.05, 4.69) is 10.1 Å². The third-order valence-corrected chi connectivity index (χ3v) is 5.91. The predicted octanol–water partition coefficient (Wildman–Crippen LogP) is 0.953. The van der Waals surface area contributed by atoms with Gasteiger partial charge in [0.15, 0.2) is 5.58 Å². The van der Waals surface area contributed by atoms with E-state index in [1.807, 2.05) is 12.3 Å². The molecule has 1 aromatic carbocycles. The molecule has 0 radical (unpaired) electrons. The largest absolute Gasteiger partial charge is 0.417 e. The Morgan fingerprint density at radius 3 is 3.00 bits per heavy atom. The van der Waals surface area contributed by atoms with Crippen LogP contribution in [0, 0.1) is 0 Å². The number of aromatic nitrogens is 3. The molecule has 0 aliphatic carbocycles. The molecule has 3 heterocycles. The average Bonchev–Trinajstić information content (AvgIpc) is 3.25. The van der Waals surface area contributed by atoms with Gasteiger partial charge < -0.3 is 4.42 Å². The summed E-state index contributed by atoms with van der Waals surface area (Å²) in [6.07, 6.45) is 4.23. The molecular weight excluding hydrogens is 320 g/mol. The van der Waals surface area contributed by atoms with E-state index in [-0.39, 0.29) is 10.9 Å². The topological polar surface area (TPSA) is 101 Å². The minimum Gasteiger partial charge on any atom is -0.408 e. The van der Waals surface area contributed by atoms with Gasteiger partial charge in [-0.05, 0) is 30.7 Å². The smallest absolute Gasteiger partial charge is 0.408 e. The van der Waals surface area contributed by atoms with Crippen molar-refractivity contribution >= 4 is 21.1 Å². The lowest BCUT2D eigenvalue weighted by Gasteiger charge is -2.16. The van der Waals surface area contributed by atoms with E-state index in [9.17, 15) is 13.2 Å². The summed E-state index contributed by atoms with van der Waals surface area (Å²) in [7, 11) is -3.62. The van der Waals surface area contributed by atoms with Gasteiger partial charge in [-0.15, -0.1) is 0 Å². The molecule has 2 aromatic heterocycles. The first-order valence-electron chi connectivity index (χ1n) is 7.16. The van der Waals surface area contributed by atoms with Crippen molar-refractivity contribution in [3.63, 3.8) is 0 Å².